The van der Waals surface area contributed by atoms with Gasteiger partial charge in [0.2, 0.25) is 0 Å². The van der Waals surface area contributed by atoms with Crippen LogP contribution in [0.15, 0.2) is 36.4 Å². The fraction of sp³-hybridized carbons (Fsp3) is 0.517. The molecule has 2 fully saturated rings. The van der Waals surface area contributed by atoms with Gasteiger partial charge in [-0.05, 0) is 80.3 Å². The highest BCUT2D eigenvalue weighted by atomic mass is 35.5. The summed E-state index contributed by atoms with van der Waals surface area (Å²) in [6, 6.07) is 7.51. The molecule has 0 unspecified atom stereocenters. The number of carbonyl (C=O) groups excluding carboxylic acids is 2. The molecule has 41 heavy (non-hydrogen) atoms. The third-order valence-electron chi connectivity index (χ3n) is 8.14. The molecule has 12 heteroatoms. The number of carbonyl (C=O) groups is 2. The molecule has 0 bridgehead atoms. The Balaban J connectivity index is 1.32. The zero-order chi connectivity index (χ0) is 30.1. The number of halogens is 6. The van der Waals surface area contributed by atoms with Crippen LogP contribution in [0.4, 0.5) is 23.2 Å². The van der Waals surface area contributed by atoms with E-state index in [1.54, 1.807) is 20.2 Å². The van der Waals surface area contributed by atoms with Gasteiger partial charge in [0.25, 0.3) is 17.4 Å². The highest BCUT2D eigenvalue weighted by Gasteiger charge is 2.62. The summed E-state index contributed by atoms with van der Waals surface area (Å²) in [7, 11) is 3.34. The molecule has 0 aromatic heterocycles. The van der Waals surface area contributed by atoms with Crippen molar-refractivity contribution in [2.45, 2.75) is 43.9 Å². The van der Waals surface area contributed by atoms with Gasteiger partial charge in [-0.15, -0.1) is 0 Å². The summed E-state index contributed by atoms with van der Waals surface area (Å²) in [5, 5.41) is 10.7. The standard InChI is InChI=1S/C29H33Cl2F4N3O3/c1-36(2)26(39)24-4-3-23(17-25(24)31)37-9-5-18(6-10-37)13-19-7-11-38(12-8-19)27(40)28(41,29(33,34)35)20-14-21(30)16-22(32)15-20/h3-4,14-19,41H,5-13H2,1-2H3/t28-/m1/s1. The minimum Gasteiger partial charge on any atom is -0.371 e. The van der Waals surface area contributed by atoms with Gasteiger partial charge in [-0.1, -0.05) is 23.2 Å². The van der Waals surface area contributed by atoms with E-state index in [0.717, 1.165) is 55.1 Å². The highest BCUT2D eigenvalue weighted by Crippen LogP contribution is 2.42. The molecule has 0 aliphatic carbocycles. The maximum absolute atomic E-state index is 14.0. The Hall–Kier alpha value is -2.56. The SMILES string of the molecule is CN(C)C(=O)c1ccc(N2CCC(CC3CCN(C(=O)[C@](O)(c4cc(F)cc(Cl)c4)C(F)(F)F)CC3)CC2)cc1Cl. The predicted octanol–water partition coefficient (Wildman–Crippen LogP) is 6.13. The minimum absolute atomic E-state index is 0.0697. The lowest BCUT2D eigenvalue weighted by Gasteiger charge is -2.40. The summed E-state index contributed by atoms with van der Waals surface area (Å²) in [5.74, 6) is -2.08. The molecule has 2 heterocycles. The van der Waals surface area contributed by atoms with Gasteiger partial charge in [0.1, 0.15) is 5.82 Å². The average Bonchev–Trinajstić information content (AvgIpc) is 2.91. The first-order valence-corrected chi connectivity index (χ1v) is 14.3. The van der Waals surface area contributed by atoms with E-state index in [-0.39, 0.29) is 29.9 Å². The molecule has 2 aliphatic rings. The third-order valence-corrected chi connectivity index (χ3v) is 8.67. The molecule has 1 N–H and O–H groups in total. The number of hydrogen-bond acceptors (Lipinski definition) is 4. The number of likely N-dealkylation sites (tertiary alicyclic amines) is 1. The Morgan fingerprint density at radius 2 is 1.54 bits per heavy atom. The van der Waals surface area contributed by atoms with Gasteiger partial charge in [-0.2, -0.15) is 13.2 Å². The summed E-state index contributed by atoms with van der Waals surface area (Å²) >= 11 is 12.1. The lowest BCUT2D eigenvalue weighted by atomic mass is 9.82. The second-order valence-corrected chi connectivity index (χ2v) is 12.0. The molecule has 2 saturated heterocycles. The highest BCUT2D eigenvalue weighted by molar-refractivity contribution is 6.34. The Morgan fingerprint density at radius 1 is 0.951 bits per heavy atom. The van der Waals surface area contributed by atoms with Gasteiger partial charge in [0.05, 0.1) is 10.6 Å². The van der Waals surface area contributed by atoms with Crippen LogP contribution in [0, 0.1) is 17.7 Å². The van der Waals surface area contributed by atoms with Gasteiger partial charge in [-0.3, -0.25) is 9.59 Å². The van der Waals surface area contributed by atoms with Crippen LogP contribution in [0.1, 0.15) is 48.0 Å². The molecular weight excluding hydrogens is 585 g/mol. The van der Waals surface area contributed by atoms with Crippen LogP contribution in [-0.4, -0.2) is 73.2 Å². The number of hydrogen-bond donors (Lipinski definition) is 1. The summed E-state index contributed by atoms with van der Waals surface area (Å²) in [5.41, 5.74) is -3.42. The summed E-state index contributed by atoms with van der Waals surface area (Å²) < 4.78 is 55.9. The van der Waals surface area contributed by atoms with Gasteiger partial charge < -0.3 is 19.8 Å². The number of amides is 2. The summed E-state index contributed by atoms with van der Waals surface area (Å²) in [6.07, 6.45) is -1.57. The van der Waals surface area contributed by atoms with E-state index >= 15 is 0 Å². The predicted molar refractivity (Wildman–Crippen MR) is 150 cm³/mol. The fourth-order valence-electron chi connectivity index (χ4n) is 5.79. The second-order valence-electron chi connectivity index (χ2n) is 11.1. The Morgan fingerprint density at radius 3 is 2.05 bits per heavy atom. The van der Waals surface area contributed by atoms with Crippen molar-refractivity contribution < 1.29 is 32.3 Å². The zero-order valence-corrected chi connectivity index (χ0v) is 24.4. The number of benzene rings is 2. The average molecular weight is 618 g/mol. The Kier molecular flexibility index (Phi) is 9.45. The summed E-state index contributed by atoms with van der Waals surface area (Å²) in [6.45, 7) is 1.77. The molecule has 0 spiro atoms. The summed E-state index contributed by atoms with van der Waals surface area (Å²) in [4.78, 5) is 30.0. The van der Waals surface area contributed by atoms with Crippen LogP contribution < -0.4 is 4.90 Å². The molecule has 4 rings (SSSR count). The lowest BCUT2D eigenvalue weighted by molar-refractivity contribution is -0.262. The number of aliphatic hydroxyl groups is 1. The van der Waals surface area contributed by atoms with Crippen LogP contribution in [0.3, 0.4) is 0 Å². The van der Waals surface area contributed by atoms with Crippen LogP contribution in [0.25, 0.3) is 0 Å². The van der Waals surface area contributed by atoms with E-state index < -0.39 is 29.1 Å². The van der Waals surface area contributed by atoms with Crippen molar-refractivity contribution in [1.82, 2.24) is 9.80 Å². The zero-order valence-electron chi connectivity index (χ0n) is 22.9. The fourth-order valence-corrected chi connectivity index (χ4v) is 6.26. The molecule has 224 valence electrons. The quantitative estimate of drug-likeness (QED) is 0.396. The van der Waals surface area contributed by atoms with E-state index in [1.807, 2.05) is 12.1 Å². The molecule has 2 amide bonds. The topological polar surface area (TPSA) is 64.1 Å². The number of alkyl halides is 3. The van der Waals surface area contributed by atoms with Crippen molar-refractivity contribution in [3.05, 3.63) is 63.4 Å². The molecule has 2 aromatic carbocycles. The van der Waals surface area contributed by atoms with E-state index in [2.05, 4.69) is 4.90 Å². The monoisotopic (exact) mass is 617 g/mol. The van der Waals surface area contributed by atoms with Crippen LogP contribution in [0.2, 0.25) is 10.0 Å². The Bertz CT molecular complexity index is 1260. The van der Waals surface area contributed by atoms with E-state index in [9.17, 15) is 32.3 Å². The molecule has 0 radical (unpaired) electrons. The molecule has 2 aromatic rings. The molecule has 6 nitrogen and oxygen atoms in total. The van der Waals surface area contributed by atoms with E-state index in [4.69, 9.17) is 23.2 Å². The number of piperidine rings is 2. The maximum Gasteiger partial charge on any atom is 0.430 e. The molecule has 1 atom stereocenters. The Labute approximate surface area is 246 Å². The van der Waals surface area contributed by atoms with Crippen molar-refractivity contribution in [3.63, 3.8) is 0 Å². The first-order valence-electron chi connectivity index (χ1n) is 13.5. The van der Waals surface area contributed by atoms with Gasteiger partial charge in [0.15, 0.2) is 0 Å². The number of anilines is 1. The molecule has 0 saturated carbocycles. The van der Waals surface area contributed by atoms with Gasteiger partial charge in [-0.25, -0.2) is 4.39 Å². The smallest absolute Gasteiger partial charge is 0.371 e. The third kappa shape index (κ3) is 6.75. The first kappa shape index (κ1) is 31.4. The number of nitrogens with zero attached hydrogens (tertiary/aromatic N) is 3. The lowest BCUT2D eigenvalue weighted by Crippen LogP contribution is -2.57. The van der Waals surface area contributed by atoms with E-state index in [1.165, 1.54) is 4.90 Å². The van der Waals surface area contributed by atoms with Crippen molar-refractivity contribution >= 4 is 40.7 Å². The maximum atomic E-state index is 14.0. The van der Waals surface area contributed by atoms with Crippen molar-refractivity contribution in [2.75, 3.05) is 45.2 Å². The second kappa shape index (κ2) is 12.4. The van der Waals surface area contributed by atoms with Gasteiger partial charge >= 0.3 is 6.18 Å². The van der Waals surface area contributed by atoms with Gasteiger partial charge in [0, 0.05) is 56.5 Å². The van der Waals surface area contributed by atoms with Crippen molar-refractivity contribution in [2.24, 2.45) is 11.8 Å². The minimum atomic E-state index is -5.36. The first-order chi connectivity index (χ1) is 19.2. The largest absolute Gasteiger partial charge is 0.430 e. The normalized spacial score (nSPS) is 18.8. The number of rotatable bonds is 6. The van der Waals surface area contributed by atoms with E-state index in [0.29, 0.717) is 35.4 Å². The van der Waals surface area contributed by atoms with Crippen molar-refractivity contribution in [3.8, 4) is 0 Å². The van der Waals surface area contributed by atoms with Crippen LogP contribution in [-0.2, 0) is 10.4 Å². The molecule has 2 aliphatic heterocycles. The molecular formula is C29H33Cl2F4N3O3. The van der Waals surface area contributed by atoms with Crippen molar-refractivity contribution in [1.29, 1.82) is 0 Å². The van der Waals surface area contributed by atoms with Crippen LogP contribution in [0.5, 0.6) is 0 Å². The van der Waals surface area contributed by atoms with Crippen LogP contribution >= 0.6 is 23.2 Å².